The number of rotatable bonds is 2. The molecule has 3 aliphatic carbocycles. The maximum absolute atomic E-state index is 13.5. The second-order valence-corrected chi connectivity index (χ2v) is 8.53. The Balaban J connectivity index is 1.49. The van der Waals surface area contributed by atoms with Gasteiger partial charge in [0.1, 0.15) is 0 Å². The van der Waals surface area contributed by atoms with Crippen molar-refractivity contribution in [3.05, 3.63) is 106 Å². The van der Waals surface area contributed by atoms with Crippen LogP contribution in [0, 0.1) is 11.8 Å². The van der Waals surface area contributed by atoms with Gasteiger partial charge in [-0.1, -0.05) is 78.3 Å². The molecular weight excluding hydrogens is 382 g/mol. The first-order valence-corrected chi connectivity index (χ1v) is 10.3. The molecule has 0 N–H and O–H groups in total. The average Bonchev–Trinajstić information content (AvgIpc) is 3.01. The highest BCUT2D eigenvalue weighted by molar-refractivity contribution is 6.31. The molecule has 29 heavy (non-hydrogen) atoms. The zero-order chi connectivity index (χ0) is 19.7. The lowest BCUT2D eigenvalue weighted by Gasteiger charge is -2.45. The van der Waals surface area contributed by atoms with Crippen molar-refractivity contribution < 1.29 is 9.59 Å². The van der Waals surface area contributed by atoms with Crippen molar-refractivity contribution in [2.24, 2.45) is 11.8 Å². The summed E-state index contributed by atoms with van der Waals surface area (Å²) in [4.78, 5) is 28.5. The molecule has 2 amide bonds. The maximum atomic E-state index is 13.5. The molecule has 3 nitrogen and oxygen atoms in total. The van der Waals surface area contributed by atoms with Gasteiger partial charge in [0.2, 0.25) is 11.8 Å². The third kappa shape index (κ3) is 2.19. The Morgan fingerprint density at radius 3 is 1.52 bits per heavy atom. The minimum Gasteiger partial charge on any atom is -0.277 e. The Hall–Kier alpha value is -2.91. The molecule has 1 heterocycles. The second kappa shape index (κ2) is 6.04. The normalized spacial score (nSPS) is 26.3. The Labute approximate surface area is 173 Å². The Bertz CT molecular complexity index is 1070. The Morgan fingerprint density at radius 2 is 1.07 bits per heavy atom. The summed E-state index contributed by atoms with van der Waals surface area (Å²) in [6, 6.07) is 24.0. The number of carbonyl (C=O) groups is 2. The van der Waals surface area contributed by atoms with Crippen LogP contribution in [0.2, 0.25) is 5.02 Å². The molecule has 4 heteroatoms. The van der Waals surface area contributed by atoms with Gasteiger partial charge in [-0.15, -0.1) is 0 Å². The second-order valence-electron chi connectivity index (χ2n) is 8.12. The van der Waals surface area contributed by atoms with E-state index in [0.29, 0.717) is 5.02 Å². The van der Waals surface area contributed by atoms with Gasteiger partial charge in [0.15, 0.2) is 0 Å². The summed E-state index contributed by atoms with van der Waals surface area (Å²) in [6.07, 6.45) is 0. The summed E-state index contributed by atoms with van der Waals surface area (Å²) in [5, 5.41) is 0.581. The van der Waals surface area contributed by atoms with Crippen LogP contribution >= 0.6 is 11.6 Å². The molecular formula is C25H18ClNO2. The number of imide groups is 1. The molecule has 3 aromatic carbocycles. The fraction of sp³-hybridized carbons (Fsp3) is 0.200. The van der Waals surface area contributed by atoms with E-state index in [1.165, 1.54) is 27.2 Å². The minimum absolute atomic E-state index is 0.0647. The van der Waals surface area contributed by atoms with Crippen molar-refractivity contribution >= 4 is 23.4 Å². The third-order valence-electron chi connectivity index (χ3n) is 6.83. The Kier molecular flexibility index (Phi) is 3.54. The molecule has 0 saturated carbocycles. The van der Waals surface area contributed by atoms with E-state index < -0.39 is 0 Å². The minimum atomic E-state index is -0.334. The van der Waals surface area contributed by atoms with Crippen LogP contribution in [0.25, 0.3) is 0 Å². The number of likely N-dealkylation sites (tertiary alicyclic amines) is 1. The summed E-state index contributed by atoms with van der Waals surface area (Å²) in [5.74, 6) is -0.937. The van der Waals surface area contributed by atoms with Crippen molar-refractivity contribution in [1.82, 2.24) is 4.90 Å². The van der Waals surface area contributed by atoms with Gasteiger partial charge in [-0.25, -0.2) is 0 Å². The SMILES string of the molecule is O=C1[C@@H]2C3c4ccccc4C(c4ccccc43)[C@@H]2C(=O)N1Cc1ccccc1Cl. The first kappa shape index (κ1) is 17.0. The molecule has 0 spiro atoms. The van der Waals surface area contributed by atoms with Crippen LogP contribution in [0.15, 0.2) is 72.8 Å². The summed E-state index contributed by atoms with van der Waals surface area (Å²) >= 11 is 6.32. The predicted molar refractivity (Wildman–Crippen MR) is 111 cm³/mol. The lowest BCUT2D eigenvalue weighted by Crippen LogP contribution is -2.41. The Morgan fingerprint density at radius 1 is 0.655 bits per heavy atom. The van der Waals surface area contributed by atoms with Crippen molar-refractivity contribution in [1.29, 1.82) is 0 Å². The van der Waals surface area contributed by atoms with Crippen LogP contribution in [-0.4, -0.2) is 16.7 Å². The lowest BCUT2D eigenvalue weighted by atomic mass is 9.55. The first-order chi connectivity index (χ1) is 14.2. The van der Waals surface area contributed by atoms with E-state index in [1.54, 1.807) is 6.07 Å². The molecule has 2 bridgehead atoms. The molecule has 7 rings (SSSR count). The van der Waals surface area contributed by atoms with E-state index in [-0.39, 0.29) is 42.0 Å². The largest absolute Gasteiger partial charge is 0.277 e. The smallest absolute Gasteiger partial charge is 0.234 e. The number of nitrogens with zero attached hydrogens (tertiary/aromatic N) is 1. The molecule has 0 radical (unpaired) electrons. The van der Waals surface area contributed by atoms with Gasteiger partial charge in [0, 0.05) is 16.9 Å². The van der Waals surface area contributed by atoms with Gasteiger partial charge in [0.25, 0.3) is 0 Å². The summed E-state index contributed by atoms with van der Waals surface area (Å²) < 4.78 is 0. The summed E-state index contributed by atoms with van der Waals surface area (Å²) in [7, 11) is 0. The molecule has 0 unspecified atom stereocenters. The van der Waals surface area contributed by atoms with Crippen molar-refractivity contribution in [2.75, 3.05) is 0 Å². The van der Waals surface area contributed by atoms with E-state index in [4.69, 9.17) is 11.6 Å². The van der Waals surface area contributed by atoms with Gasteiger partial charge >= 0.3 is 0 Å². The molecule has 1 aliphatic heterocycles. The fourth-order valence-corrected chi connectivity index (χ4v) is 5.89. The van der Waals surface area contributed by atoms with E-state index in [1.807, 2.05) is 42.5 Å². The van der Waals surface area contributed by atoms with Crippen molar-refractivity contribution in [3.8, 4) is 0 Å². The van der Waals surface area contributed by atoms with Crippen LogP contribution < -0.4 is 0 Å². The summed E-state index contributed by atoms with van der Waals surface area (Å²) in [5.41, 5.74) is 5.57. The van der Waals surface area contributed by atoms with Gasteiger partial charge in [-0.2, -0.15) is 0 Å². The van der Waals surface area contributed by atoms with Crippen LogP contribution in [0.3, 0.4) is 0 Å². The van der Waals surface area contributed by atoms with Crippen molar-refractivity contribution in [3.63, 3.8) is 0 Å². The number of hydrogen-bond donors (Lipinski definition) is 0. The van der Waals surface area contributed by atoms with Gasteiger partial charge in [0.05, 0.1) is 18.4 Å². The number of benzene rings is 3. The fourth-order valence-electron chi connectivity index (χ4n) is 5.69. The zero-order valence-electron chi connectivity index (χ0n) is 15.6. The lowest BCUT2D eigenvalue weighted by molar-refractivity contribution is -0.140. The third-order valence-corrected chi connectivity index (χ3v) is 7.19. The summed E-state index contributed by atoms with van der Waals surface area (Å²) in [6.45, 7) is 0.233. The van der Waals surface area contributed by atoms with Crippen molar-refractivity contribution in [2.45, 2.75) is 18.4 Å². The van der Waals surface area contributed by atoms with Crippen LogP contribution in [0.5, 0.6) is 0 Å². The maximum Gasteiger partial charge on any atom is 0.234 e. The molecule has 0 aromatic heterocycles. The number of hydrogen-bond acceptors (Lipinski definition) is 2. The quantitative estimate of drug-likeness (QED) is 0.584. The molecule has 1 fully saturated rings. The molecule has 2 atom stereocenters. The van der Waals surface area contributed by atoms with Crippen LogP contribution in [0.4, 0.5) is 0 Å². The van der Waals surface area contributed by atoms with Gasteiger partial charge in [-0.3, -0.25) is 14.5 Å². The van der Waals surface area contributed by atoms with E-state index in [0.717, 1.165) is 5.56 Å². The van der Waals surface area contributed by atoms with E-state index in [2.05, 4.69) is 24.3 Å². The van der Waals surface area contributed by atoms with E-state index >= 15 is 0 Å². The molecule has 4 aliphatic rings. The first-order valence-electron chi connectivity index (χ1n) is 9.93. The highest BCUT2D eigenvalue weighted by Crippen LogP contribution is 2.61. The van der Waals surface area contributed by atoms with Gasteiger partial charge < -0.3 is 0 Å². The van der Waals surface area contributed by atoms with Gasteiger partial charge in [-0.05, 0) is 33.9 Å². The monoisotopic (exact) mass is 399 g/mol. The van der Waals surface area contributed by atoms with Crippen LogP contribution in [-0.2, 0) is 16.1 Å². The molecule has 1 saturated heterocycles. The number of carbonyl (C=O) groups excluding carboxylic acids is 2. The highest BCUT2D eigenvalue weighted by Gasteiger charge is 2.61. The number of amides is 2. The highest BCUT2D eigenvalue weighted by atomic mass is 35.5. The molecule has 142 valence electrons. The standard InChI is InChI=1S/C25H18ClNO2/c26-19-12-6-1-7-14(19)13-27-24(28)22-20-15-8-2-3-9-16(15)21(23(22)25(27)29)18-11-5-4-10-17(18)20/h1-12,20-23H,13H2/t20?,21?,22-,23+. The van der Waals surface area contributed by atoms with Crippen LogP contribution in [0.1, 0.15) is 39.7 Å². The predicted octanol–water partition coefficient (Wildman–Crippen LogP) is 4.73. The van der Waals surface area contributed by atoms with E-state index in [9.17, 15) is 9.59 Å². The zero-order valence-corrected chi connectivity index (χ0v) is 16.3. The average molecular weight is 400 g/mol. The number of halogens is 1. The molecule has 3 aromatic rings. The topological polar surface area (TPSA) is 37.4 Å².